The largest absolute Gasteiger partial charge is 0.500 e. The standard InChI is InChI=1S/C18H37N3O9Si2/c1-15(2)21-17(23)19(11-9-13-31(25-3,26-4)27-5)16(22)20(18(21)24)12-10-14-32(28-6,29-7)30-8/h15H,9-14H2,1-8H3. The van der Waals surface area contributed by atoms with Gasteiger partial charge in [-0.05, 0) is 26.7 Å². The van der Waals surface area contributed by atoms with Gasteiger partial charge in [-0.15, -0.1) is 0 Å². The number of aromatic nitrogens is 3. The zero-order chi connectivity index (χ0) is 24.5. The quantitative estimate of drug-likeness (QED) is 0.316. The van der Waals surface area contributed by atoms with E-state index in [0.717, 1.165) is 13.7 Å². The summed E-state index contributed by atoms with van der Waals surface area (Å²) in [5, 5.41) is 0. The van der Waals surface area contributed by atoms with Crippen LogP contribution in [0.25, 0.3) is 0 Å². The Hall–Kier alpha value is -1.40. The molecule has 0 aliphatic rings. The zero-order valence-electron chi connectivity index (χ0n) is 20.3. The SMILES string of the molecule is CO[Si](CCCn1c(=O)n(CCC[Si](OC)(OC)OC)c(=O)n(C(C)C)c1=O)(OC)OC. The summed E-state index contributed by atoms with van der Waals surface area (Å²) in [4.78, 5) is 38.9. The molecule has 0 spiro atoms. The summed E-state index contributed by atoms with van der Waals surface area (Å²) >= 11 is 0. The van der Waals surface area contributed by atoms with Crippen molar-refractivity contribution in [2.75, 3.05) is 42.7 Å². The Kier molecular flexibility index (Phi) is 11.4. The number of hydrogen-bond donors (Lipinski definition) is 0. The summed E-state index contributed by atoms with van der Waals surface area (Å²) < 4.78 is 35.6. The lowest BCUT2D eigenvalue weighted by atomic mass is 10.4. The molecule has 0 aromatic carbocycles. The first kappa shape index (κ1) is 28.6. The fourth-order valence-corrected chi connectivity index (χ4v) is 6.90. The Bertz CT molecular complexity index is 808. The van der Waals surface area contributed by atoms with Gasteiger partial charge in [0.05, 0.1) is 0 Å². The van der Waals surface area contributed by atoms with E-state index >= 15 is 0 Å². The Morgan fingerprint density at radius 1 is 0.625 bits per heavy atom. The van der Waals surface area contributed by atoms with Gasteiger partial charge in [-0.25, -0.2) is 28.1 Å². The lowest BCUT2D eigenvalue weighted by Crippen LogP contribution is -2.55. The Morgan fingerprint density at radius 3 is 1.19 bits per heavy atom. The first-order chi connectivity index (χ1) is 15.1. The average molecular weight is 496 g/mol. The van der Waals surface area contributed by atoms with E-state index in [1.54, 1.807) is 13.8 Å². The van der Waals surface area contributed by atoms with Gasteiger partial charge in [0.1, 0.15) is 0 Å². The van der Waals surface area contributed by atoms with E-state index in [0.29, 0.717) is 24.9 Å². The second-order valence-corrected chi connectivity index (χ2v) is 13.6. The van der Waals surface area contributed by atoms with Crippen LogP contribution in [0, 0.1) is 0 Å². The fraction of sp³-hybridized carbons (Fsp3) is 0.833. The minimum atomic E-state index is -2.85. The third kappa shape index (κ3) is 6.35. The highest BCUT2D eigenvalue weighted by Gasteiger charge is 2.38. The van der Waals surface area contributed by atoms with E-state index in [1.807, 2.05) is 0 Å². The predicted octanol–water partition coefficient (Wildman–Crippen LogP) is 0.289. The molecule has 0 unspecified atom stereocenters. The molecular formula is C18H37N3O9Si2. The van der Waals surface area contributed by atoms with Gasteiger partial charge in [0.2, 0.25) is 0 Å². The van der Waals surface area contributed by atoms with Crippen LogP contribution in [0.1, 0.15) is 32.7 Å². The van der Waals surface area contributed by atoms with Gasteiger partial charge >= 0.3 is 34.7 Å². The van der Waals surface area contributed by atoms with Crippen LogP contribution >= 0.6 is 0 Å². The molecular weight excluding hydrogens is 458 g/mol. The van der Waals surface area contributed by atoms with E-state index in [4.69, 9.17) is 26.6 Å². The lowest BCUT2D eigenvalue weighted by Gasteiger charge is -2.25. The van der Waals surface area contributed by atoms with E-state index in [2.05, 4.69) is 0 Å². The minimum Gasteiger partial charge on any atom is -0.377 e. The molecule has 186 valence electrons. The predicted molar refractivity (Wildman–Crippen MR) is 122 cm³/mol. The van der Waals surface area contributed by atoms with Crippen LogP contribution in [0.15, 0.2) is 14.4 Å². The van der Waals surface area contributed by atoms with Gasteiger partial charge in [0.25, 0.3) is 0 Å². The van der Waals surface area contributed by atoms with Crippen LogP contribution in [0.3, 0.4) is 0 Å². The van der Waals surface area contributed by atoms with E-state index in [9.17, 15) is 14.4 Å². The molecule has 0 aliphatic carbocycles. The average Bonchev–Trinajstić information content (AvgIpc) is 2.79. The first-order valence-electron chi connectivity index (χ1n) is 10.4. The van der Waals surface area contributed by atoms with E-state index in [1.165, 1.54) is 42.7 Å². The molecule has 0 amide bonds. The molecule has 0 N–H and O–H groups in total. The van der Waals surface area contributed by atoms with E-state index in [-0.39, 0.29) is 13.1 Å². The lowest BCUT2D eigenvalue weighted by molar-refractivity contribution is 0.122. The molecule has 1 aromatic heterocycles. The second kappa shape index (κ2) is 12.7. The molecule has 0 saturated carbocycles. The first-order valence-corrected chi connectivity index (χ1v) is 14.2. The Morgan fingerprint density at radius 2 is 0.938 bits per heavy atom. The summed E-state index contributed by atoms with van der Waals surface area (Å²) in [5.74, 6) is 0. The van der Waals surface area contributed by atoms with Gasteiger partial charge in [-0.3, -0.25) is 0 Å². The maximum Gasteiger partial charge on any atom is 0.500 e. The maximum absolute atomic E-state index is 13.1. The third-order valence-electron chi connectivity index (χ3n) is 5.45. The zero-order valence-corrected chi connectivity index (χ0v) is 22.3. The molecule has 0 atom stereocenters. The van der Waals surface area contributed by atoms with E-state index < -0.39 is 40.7 Å². The maximum atomic E-state index is 13.1. The molecule has 14 heteroatoms. The van der Waals surface area contributed by atoms with Gasteiger partial charge in [-0.2, -0.15) is 0 Å². The summed E-state index contributed by atoms with van der Waals surface area (Å²) in [6, 6.07) is 0.406. The minimum absolute atomic E-state index is 0.0996. The number of hydrogen-bond acceptors (Lipinski definition) is 9. The third-order valence-corrected chi connectivity index (χ3v) is 11.1. The van der Waals surface area contributed by atoms with Gasteiger partial charge in [0, 0.05) is 73.9 Å². The topological polar surface area (TPSA) is 121 Å². The molecule has 1 heterocycles. The van der Waals surface area contributed by atoms with Gasteiger partial charge in [-0.1, -0.05) is 0 Å². The van der Waals surface area contributed by atoms with Crippen molar-refractivity contribution in [2.45, 2.75) is 57.9 Å². The summed E-state index contributed by atoms with van der Waals surface area (Å²) in [7, 11) is 3.30. The smallest absolute Gasteiger partial charge is 0.377 e. The van der Waals surface area contributed by atoms with Gasteiger partial charge < -0.3 is 26.6 Å². The van der Waals surface area contributed by atoms with Crippen molar-refractivity contribution in [3.63, 3.8) is 0 Å². The molecule has 0 radical (unpaired) electrons. The van der Waals surface area contributed by atoms with Crippen molar-refractivity contribution in [3.8, 4) is 0 Å². The van der Waals surface area contributed by atoms with Crippen LogP contribution in [-0.4, -0.2) is 74.0 Å². The second-order valence-electron chi connectivity index (χ2n) is 7.41. The van der Waals surface area contributed by atoms with Crippen molar-refractivity contribution in [1.82, 2.24) is 13.7 Å². The molecule has 0 bridgehead atoms. The highest BCUT2D eigenvalue weighted by molar-refractivity contribution is 6.60. The fourth-order valence-electron chi connectivity index (χ4n) is 3.50. The summed E-state index contributed by atoms with van der Waals surface area (Å²) in [5.41, 5.74) is -1.93. The molecule has 1 rings (SSSR count). The summed E-state index contributed by atoms with van der Waals surface area (Å²) in [6.07, 6.45) is 0.806. The molecule has 12 nitrogen and oxygen atoms in total. The molecule has 0 saturated heterocycles. The van der Waals surface area contributed by atoms with Crippen molar-refractivity contribution in [1.29, 1.82) is 0 Å². The molecule has 32 heavy (non-hydrogen) atoms. The Labute approximate surface area is 190 Å². The summed E-state index contributed by atoms with van der Waals surface area (Å²) in [6.45, 7) is 3.64. The van der Waals surface area contributed by atoms with Crippen molar-refractivity contribution in [2.24, 2.45) is 0 Å². The number of rotatable bonds is 15. The normalized spacial score (nSPS) is 12.7. The van der Waals surface area contributed by atoms with Crippen molar-refractivity contribution >= 4 is 17.6 Å². The van der Waals surface area contributed by atoms with Crippen LogP contribution in [0.5, 0.6) is 0 Å². The van der Waals surface area contributed by atoms with Crippen LogP contribution in [-0.2, 0) is 39.6 Å². The van der Waals surface area contributed by atoms with Crippen LogP contribution < -0.4 is 17.1 Å². The molecule has 1 aromatic rings. The monoisotopic (exact) mass is 495 g/mol. The van der Waals surface area contributed by atoms with Crippen LogP contribution in [0.4, 0.5) is 0 Å². The highest BCUT2D eigenvalue weighted by Crippen LogP contribution is 2.16. The Balaban J connectivity index is 3.25. The van der Waals surface area contributed by atoms with Crippen LogP contribution in [0.2, 0.25) is 12.1 Å². The number of nitrogens with zero attached hydrogens (tertiary/aromatic N) is 3. The molecule has 0 aliphatic heterocycles. The van der Waals surface area contributed by atoms with Gasteiger partial charge in [0.15, 0.2) is 0 Å². The van der Waals surface area contributed by atoms with Crippen molar-refractivity contribution in [3.05, 3.63) is 31.5 Å². The van der Waals surface area contributed by atoms with Crippen molar-refractivity contribution < 1.29 is 26.6 Å². The molecule has 0 fully saturated rings. The highest BCUT2D eigenvalue weighted by atomic mass is 28.4.